The topological polar surface area (TPSA) is 49.4 Å². The Balaban J connectivity index is 1.79. The van der Waals surface area contributed by atoms with Crippen molar-refractivity contribution in [2.75, 3.05) is 13.1 Å². The Labute approximate surface area is 147 Å². The molecule has 0 aliphatic carbocycles. The minimum absolute atomic E-state index is 0.388. The van der Waals surface area contributed by atoms with Crippen molar-refractivity contribution in [3.05, 3.63) is 52.5 Å². The molecule has 0 bridgehead atoms. The van der Waals surface area contributed by atoms with E-state index in [1.54, 1.807) is 12.1 Å². The monoisotopic (exact) mass is 344 g/mol. The molecule has 3 rings (SSSR count). The van der Waals surface area contributed by atoms with E-state index in [0.717, 1.165) is 29.0 Å². The van der Waals surface area contributed by atoms with Crippen molar-refractivity contribution in [1.29, 1.82) is 0 Å². The van der Waals surface area contributed by atoms with Crippen molar-refractivity contribution in [2.24, 2.45) is 10.2 Å². The number of azo groups is 1. The molecule has 0 aromatic heterocycles. The zero-order valence-electron chi connectivity index (χ0n) is 13.9. The molecule has 0 amide bonds. The number of halogens is 1. The highest BCUT2D eigenvalue weighted by molar-refractivity contribution is 6.30. The van der Waals surface area contributed by atoms with Crippen LogP contribution in [0.1, 0.15) is 30.4 Å². The van der Waals surface area contributed by atoms with Crippen molar-refractivity contribution in [3.8, 4) is 5.75 Å². The van der Waals surface area contributed by atoms with Crippen LogP contribution >= 0.6 is 11.6 Å². The van der Waals surface area contributed by atoms with Crippen LogP contribution < -0.4 is 4.90 Å². The number of nitrogens with zero attached hydrogens (tertiary/aromatic N) is 2. The van der Waals surface area contributed by atoms with E-state index >= 15 is 0 Å². The Morgan fingerprint density at radius 2 is 1.67 bits per heavy atom. The molecule has 1 heterocycles. The molecule has 2 N–H and O–H groups in total. The molecule has 1 saturated heterocycles. The molecule has 0 unspecified atom stereocenters. The molecule has 1 aliphatic heterocycles. The Bertz CT molecular complexity index is 722. The van der Waals surface area contributed by atoms with Gasteiger partial charge < -0.3 is 10.0 Å². The average molecular weight is 345 g/mol. The standard InChI is InChI=1S/C19H22ClN3O/c1-14-11-18(22-21-17-7-5-16(20)6-8-17)12-15(19(14)24)13-23-9-3-2-4-10-23/h5-8,11-12,24H,2-4,9-10,13H2,1H3/p+1. The molecule has 24 heavy (non-hydrogen) atoms. The Morgan fingerprint density at radius 3 is 2.38 bits per heavy atom. The molecule has 2 aromatic carbocycles. The average Bonchev–Trinajstić information content (AvgIpc) is 2.59. The van der Waals surface area contributed by atoms with Crippen molar-refractivity contribution < 1.29 is 10.0 Å². The molecular weight excluding hydrogens is 322 g/mol. The van der Waals surface area contributed by atoms with Gasteiger partial charge in [-0.1, -0.05) is 11.6 Å². The van der Waals surface area contributed by atoms with Gasteiger partial charge in [-0.3, -0.25) is 0 Å². The van der Waals surface area contributed by atoms with E-state index in [4.69, 9.17) is 11.6 Å². The lowest BCUT2D eigenvalue weighted by Crippen LogP contribution is -3.11. The maximum absolute atomic E-state index is 10.4. The number of piperidine rings is 1. The van der Waals surface area contributed by atoms with E-state index in [2.05, 4.69) is 10.2 Å². The van der Waals surface area contributed by atoms with Crippen LogP contribution in [0, 0.1) is 6.92 Å². The van der Waals surface area contributed by atoms with Gasteiger partial charge in [0.05, 0.1) is 30.0 Å². The first kappa shape index (κ1) is 16.9. The van der Waals surface area contributed by atoms with Crippen LogP contribution in [0.4, 0.5) is 11.4 Å². The van der Waals surface area contributed by atoms with Gasteiger partial charge >= 0.3 is 0 Å². The Kier molecular flexibility index (Phi) is 5.48. The number of benzene rings is 2. The molecule has 126 valence electrons. The number of hydrogen-bond donors (Lipinski definition) is 2. The first-order valence-corrected chi connectivity index (χ1v) is 8.83. The van der Waals surface area contributed by atoms with Crippen LogP contribution in [0.3, 0.4) is 0 Å². The van der Waals surface area contributed by atoms with Crippen molar-refractivity contribution in [1.82, 2.24) is 0 Å². The number of likely N-dealkylation sites (tertiary alicyclic amines) is 1. The Morgan fingerprint density at radius 1 is 1.00 bits per heavy atom. The van der Waals surface area contributed by atoms with Crippen molar-refractivity contribution in [3.63, 3.8) is 0 Å². The highest BCUT2D eigenvalue weighted by Crippen LogP contribution is 2.29. The highest BCUT2D eigenvalue weighted by atomic mass is 35.5. The fraction of sp³-hybridized carbons (Fsp3) is 0.368. The smallest absolute Gasteiger partial charge is 0.127 e. The summed E-state index contributed by atoms with van der Waals surface area (Å²) in [5, 5.41) is 19.6. The third kappa shape index (κ3) is 4.34. The van der Waals surface area contributed by atoms with Gasteiger partial charge in [-0.15, -0.1) is 0 Å². The molecule has 4 nitrogen and oxygen atoms in total. The summed E-state index contributed by atoms with van der Waals surface area (Å²) in [7, 11) is 0. The minimum atomic E-state index is 0.388. The molecular formula is C19H23ClN3O+. The van der Waals surface area contributed by atoms with Gasteiger partial charge in [-0.05, 0) is 68.1 Å². The second-order valence-electron chi connectivity index (χ2n) is 6.43. The summed E-state index contributed by atoms with van der Waals surface area (Å²) in [6.45, 7) is 5.10. The lowest BCUT2D eigenvalue weighted by molar-refractivity contribution is -0.918. The second-order valence-corrected chi connectivity index (χ2v) is 6.87. The van der Waals surface area contributed by atoms with Gasteiger partial charge in [0.25, 0.3) is 0 Å². The zero-order chi connectivity index (χ0) is 16.9. The largest absolute Gasteiger partial charge is 0.507 e. The number of hydrogen-bond acceptors (Lipinski definition) is 3. The fourth-order valence-corrected chi connectivity index (χ4v) is 3.27. The fourth-order valence-electron chi connectivity index (χ4n) is 3.15. The lowest BCUT2D eigenvalue weighted by atomic mass is 10.1. The molecule has 1 aliphatic rings. The second kappa shape index (κ2) is 7.77. The van der Waals surface area contributed by atoms with Gasteiger partial charge in [0.2, 0.25) is 0 Å². The van der Waals surface area contributed by atoms with Crippen LogP contribution in [0.25, 0.3) is 0 Å². The number of aromatic hydroxyl groups is 1. The highest BCUT2D eigenvalue weighted by Gasteiger charge is 2.17. The molecule has 0 spiro atoms. The third-order valence-electron chi connectivity index (χ3n) is 4.47. The first-order chi connectivity index (χ1) is 11.6. The predicted octanol–water partition coefficient (Wildman–Crippen LogP) is 4.34. The normalized spacial score (nSPS) is 15.9. The van der Waals surface area contributed by atoms with Crippen molar-refractivity contribution in [2.45, 2.75) is 32.7 Å². The molecule has 0 atom stereocenters. The number of phenols is 1. The van der Waals surface area contributed by atoms with Gasteiger partial charge in [-0.25, -0.2) is 0 Å². The van der Waals surface area contributed by atoms with Crippen LogP contribution in [-0.4, -0.2) is 18.2 Å². The number of quaternary nitrogens is 1. The van der Waals surface area contributed by atoms with Crippen LogP contribution in [0.5, 0.6) is 5.75 Å². The quantitative estimate of drug-likeness (QED) is 0.796. The summed E-state index contributed by atoms with van der Waals surface area (Å²) in [5.74, 6) is 0.388. The summed E-state index contributed by atoms with van der Waals surface area (Å²) in [5.41, 5.74) is 3.32. The number of aryl methyl sites for hydroxylation is 1. The van der Waals surface area contributed by atoms with Gasteiger partial charge in [0.15, 0.2) is 0 Å². The summed E-state index contributed by atoms with van der Waals surface area (Å²) >= 11 is 5.88. The third-order valence-corrected chi connectivity index (χ3v) is 4.72. The SMILES string of the molecule is Cc1cc(N=Nc2ccc(Cl)cc2)cc(C[NH+]2CCCCC2)c1O. The number of phenolic OH excluding ortho intramolecular Hbond substituents is 1. The predicted molar refractivity (Wildman–Crippen MR) is 96.7 cm³/mol. The zero-order valence-corrected chi connectivity index (χ0v) is 14.7. The first-order valence-electron chi connectivity index (χ1n) is 8.45. The molecule has 0 saturated carbocycles. The number of nitrogens with one attached hydrogen (secondary N) is 1. The van der Waals surface area contributed by atoms with Crippen LogP contribution in [-0.2, 0) is 6.54 Å². The molecule has 5 heteroatoms. The van der Waals surface area contributed by atoms with E-state index in [0.29, 0.717) is 10.8 Å². The minimum Gasteiger partial charge on any atom is -0.507 e. The maximum Gasteiger partial charge on any atom is 0.127 e. The van der Waals surface area contributed by atoms with E-state index in [1.165, 1.54) is 37.3 Å². The number of rotatable bonds is 4. The van der Waals surface area contributed by atoms with Gasteiger partial charge in [0, 0.05) is 5.02 Å². The van der Waals surface area contributed by atoms with E-state index in [9.17, 15) is 5.11 Å². The summed E-state index contributed by atoms with van der Waals surface area (Å²) in [6, 6.07) is 11.1. The van der Waals surface area contributed by atoms with Gasteiger partial charge in [0.1, 0.15) is 12.3 Å². The van der Waals surface area contributed by atoms with Crippen molar-refractivity contribution >= 4 is 23.0 Å². The summed E-state index contributed by atoms with van der Waals surface area (Å²) in [6.07, 6.45) is 3.86. The summed E-state index contributed by atoms with van der Waals surface area (Å²) < 4.78 is 0. The van der Waals surface area contributed by atoms with Gasteiger partial charge in [-0.2, -0.15) is 10.2 Å². The lowest BCUT2D eigenvalue weighted by Gasteiger charge is -2.24. The van der Waals surface area contributed by atoms with Crippen LogP contribution in [0.2, 0.25) is 5.02 Å². The van der Waals surface area contributed by atoms with E-state index in [-0.39, 0.29) is 0 Å². The van der Waals surface area contributed by atoms with Crippen LogP contribution in [0.15, 0.2) is 46.6 Å². The van der Waals surface area contributed by atoms with E-state index in [1.807, 2.05) is 31.2 Å². The molecule has 0 radical (unpaired) electrons. The Hall–Kier alpha value is -1.91. The maximum atomic E-state index is 10.4. The molecule has 1 fully saturated rings. The summed E-state index contributed by atoms with van der Waals surface area (Å²) in [4.78, 5) is 1.53. The molecule has 2 aromatic rings. The van der Waals surface area contributed by atoms with E-state index < -0.39 is 0 Å².